The minimum atomic E-state index is -0.532. The van der Waals surface area contributed by atoms with Crippen molar-refractivity contribution in [3.05, 3.63) is 29.5 Å². The number of aromatic nitrogens is 2. The zero-order valence-electron chi connectivity index (χ0n) is 15.3. The number of ketones is 1. The first-order valence-electron chi connectivity index (χ1n) is 8.07. The molecule has 0 fully saturated rings. The molecule has 0 radical (unpaired) electrons. The topological polar surface area (TPSA) is 67.7 Å². The van der Waals surface area contributed by atoms with Crippen molar-refractivity contribution < 1.29 is 14.3 Å². The Balaban J connectivity index is 2.18. The molecule has 0 saturated carbocycles. The first-order chi connectivity index (χ1) is 11.1. The molecule has 1 aliphatic heterocycles. The number of carbonyl (C=O) groups is 2. The number of amides is 1. The molecule has 1 amide bonds. The van der Waals surface area contributed by atoms with Crippen LogP contribution in [0.25, 0.3) is 0 Å². The molecule has 1 aromatic rings. The molecule has 0 bridgehead atoms. The summed E-state index contributed by atoms with van der Waals surface area (Å²) in [6.45, 7) is 8.89. The first kappa shape index (κ1) is 18.0. The molecule has 0 spiro atoms. The lowest BCUT2D eigenvalue weighted by Gasteiger charge is -2.24. The van der Waals surface area contributed by atoms with Gasteiger partial charge in [0.2, 0.25) is 5.78 Å². The molecular weight excluding hydrogens is 308 g/mol. The van der Waals surface area contributed by atoms with Crippen LogP contribution in [0.5, 0.6) is 0 Å². The maximum absolute atomic E-state index is 12.3. The second-order valence-corrected chi connectivity index (χ2v) is 7.05. The second-order valence-electron chi connectivity index (χ2n) is 7.05. The second kappa shape index (κ2) is 6.67. The zero-order valence-corrected chi connectivity index (χ0v) is 15.3. The summed E-state index contributed by atoms with van der Waals surface area (Å²) >= 11 is 0. The quantitative estimate of drug-likeness (QED) is 0.625. The van der Waals surface area contributed by atoms with Gasteiger partial charge in [-0.3, -0.25) is 9.69 Å². The summed E-state index contributed by atoms with van der Waals surface area (Å²) < 4.78 is 7.28. The highest BCUT2D eigenvalue weighted by Gasteiger charge is 2.33. The van der Waals surface area contributed by atoms with Crippen molar-refractivity contribution in [2.45, 2.75) is 52.9 Å². The highest BCUT2D eigenvalue weighted by molar-refractivity contribution is 6.02. The summed E-state index contributed by atoms with van der Waals surface area (Å²) in [5, 5.41) is 0. The van der Waals surface area contributed by atoms with E-state index in [-0.39, 0.29) is 11.9 Å². The molecular formula is C17H26N4O3. The number of allylic oxidation sites excluding steroid dienone is 1. The van der Waals surface area contributed by atoms with Gasteiger partial charge in [0, 0.05) is 32.9 Å². The Labute approximate surface area is 142 Å². The largest absolute Gasteiger partial charge is 0.444 e. The van der Waals surface area contributed by atoms with Crippen molar-refractivity contribution in [2.24, 2.45) is 0 Å². The fraction of sp³-hybridized carbons (Fsp3) is 0.588. The van der Waals surface area contributed by atoms with Gasteiger partial charge in [0.1, 0.15) is 5.60 Å². The van der Waals surface area contributed by atoms with Crippen LogP contribution in [-0.4, -0.2) is 50.9 Å². The van der Waals surface area contributed by atoms with Gasteiger partial charge >= 0.3 is 6.09 Å². The monoisotopic (exact) mass is 334 g/mol. The van der Waals surface area contributed by atoms with E-state index in [0.29, 0.717) is 25.5 Å². The molecule has 7 nitrogen and oxygen atoms in total. The fourth-order valence-electron chi connectivity index (χ4n) is 2.53. The number of rotatable bonds is 4. The van der Waals surface area contributed by atoms with Gasteiger partial charge in [-0.25, -0.2) is 9.78 Å². The lowest BCUT2D eigenvalue weighted by Crippen LogP contribution is -2.34. The Bertz CT molecular complexity index is 668. The molecule has 2 heterocycles. The SMILES string of the molecule is CCn1c(C(=O)/C=C/N(C)C)nc2c1CN(C(=O)OC(C)(C)C)C2. The van der Waals surface area contributed by atoms with Gasteiger partial charge in [-0.15, -0.1) is 0 Å². The number of ether oxygens (including phenoxy) is 1. The minimum absolute atomic E-state index is 0.135. The number of imidazole rings is 1. The van der Waals surface area contributed by atoms with Crippen molar-refractivity contribution in [3.63, 3.8) is 0 Å². The van der Waals surface area contributed by atoms with Crippen LogP contribution in [0.2, 0.25) is 0 Å². The van der Waals surface area contributed by atoms with E-state index < -0.39 is 5.60 Å². The van der Waals surface area contributed by atoms with E-state index in [1.807, 2.05) is 46.4 Å². The molecule has 24 heavy (non-hydrogen) atoms. The van der Waals surface area contributed by atoms with Crippen LogP contribution in [-0.2, 0) is 24.4 Å². The van der Waals surface area contributed by atoms with Gasteiger partial charge in [-0.05, 0) is 27.7 Å². The Kier molecular flexibility index (Phi) is 5.01. The number of fused-ring (bicyclic) bond motifs is 1. The minimum Gasteiger partial charge on any atom is -0.444 e. The smallest absolute Gasteiger partial charge is 0.410 e. The molecule has 0 aromatic carbocycles. The van der Waals surface area contributed by atoms with Crippen molar-refractivity contribution in [2.75, 3.05) is 14.1 Å². The van der Waals surface area contributed by atoms with E-state index in [1.165, 1.54) is 6.08 Å². The van der Waals surface area contributed by atoms with Crippen molar-refractivity contribution >= 4 is 11.9 Å². The highest BCUT2D eigenvalue weighted by Crippen LogP contribution is 2.26. The summed E-state index contributed by atoms with van der Waals surface area (Å²) in [5.41, 5.74) is 1.14. The summed E-state index contributed by atoms with van der Waals surface area (Å²) in [6, 6.07) is 0. The molecule has 1 aromatic heterocycles. The Morgan fingerprint density at radius 1 is 1.29 bits per heavy atom. The predicted octanol–water partition coefficient (Wildman–Crippen LogP) is 2.41. The van der Waals surface area contributed by atoms with E-state index in [9.17, 15) is 9.59 Å². The van der Waals surface area contributed by atoms with Gasteiger partial charge < -0.3 is 14.2 Å². The maximum atomic E-state index is 12.3. The normalized spacial score (nSPS) is 14.2. The third kappa shape index (κ3) is 3.96. The van der Waals surface area contributed by atoms with Crippen molar-refractivity contribution in [3.8, 4) is 0 Å². The predicted molar refractivity (Wildman–Crippen MR) is 90.5 cm³/mol. The maximum Gasteiger partial charge on any atom is 0.410 e. The van der Waals surface area contributed by atoms with Crippen LogP contribution >= 0.6 is 0 Å². The summed E-state index contributed by atoms with van der Waals surface area (Å²) in [7, 11) is 3.71. The van der Waals surface area contributed by atoms with E-state index in [2.05, 4.69) is 4.98 Å². The van der Waals surface area contributed by atoms with Gasteiger partial charge in [0.15, 0.2) is 5.82 Å². The van der Waals surface area contributed by atoms with Crippen LogP contribution < -0.4 is 0 Å². The van der Waals surface area contributed by atoms with Gasteiger partial charge in [-0.2, -0.15) is 0 Å². The zero-order chi connectivity index (χ0) is 18.1. The van der Waals surface area contributed by atoms with E-state index in [1.54, 1.807) is 16.0 Å². The van der Waals surface area contributed by atoms with E-state index in [4.69, 9.17) is 4.74 Å². The average Bonchev–Trinajstić information content (AvgIpc) is 2.99. The molecule has 0 N–H and O–H groups in total. The lowest BCUT2D eigenvalue weighted by molar-refractivity contribution is 0.0237. The number of hydrogen-bond donors (Lipinski definition) is 0. The van der Waals surface area contributed by atoms with Gasteiger partial charge in [-0.1, -0.05) is 0 Å². The Morgan fingerprint density at radius 2 is 1.96 bits per heavy atom. The molecule has 132 valence electrons. The van der Waals surface area contributed by atoms with Gasteiger partial charge in [0.05, 0.1) is 24.5 Å². The third-order valence-electron chi connectivity index (χ3n) is 3.55. The summed E-state index contributed by atoms with van der Waals surface area (Å²) in [6.07, 6.45) is 2.85. The van der Waals surface area contributed by atoms with Gasteiger partial charge in [0.25, 0.3) is 0 Å². The summed E-state index contributed by atoms with van der Waals surface area (Å²) in [5.74, 6) is 0.285. The van der Waals surface area contributed by atoms with Crippen molar-refractivity contribution in [1.29, 1.82) is 0 Å². The highest BCUT2D eigenvalue weighted by atomic mass is 16.6. The van der Waals surface area contributed by atoms with Crippen LogP contribution in [0.4, 0.5) is 4.79 Å². The Morgan fingerprint density at radius 3 is 2.50 bits per heavy atom. The first-order valence-corrected chi connectivity index (χ1v) is 8.07. The molecule has 1 aliphatic rings. The lowest BCUT2D eigenvalue weighted by atomic mass is 10.2. The molecule has 0 atom stereocenters. The van der Waals surface area contributed by atoms with Crippen LogP contribution in [0.15, 0.2) is 12.3 Å². The standard InChI is InChI=1S/C17H26N4O3/c1-7-21-13-11-20(16(23)24-17(2,3)4)10-12(13)18-15(21)14(22)8-9-19(5)6/h8-9H,7,10-11H2,1-6H3/b9-8+. The molecule has 0 aliphatic carbocycles. The van der Waals surface area contributed by atoms with E-state index in [0.717, 1.165) is 11.4 Å². The third-order valence-corrected chi connectivity index (χ3v) is 3.55. The summed E-state index contributed by atoms with van der Waals surface area (Å²) in [4.78, 5) is 32.4. The molecule has 0 saturated heterocycles. The average molecular weight is 334 g/mol. The van der Waals surface area contributed by atoms with E-state index >= 15 is 0 Å². The van der Waals surface area contributed by atoms with Crippen LogP contribution in [0.3, 0.4) is 0 Å². The molecule has 7 heteroatoms. The fourth-order valence-corrected chi connectivity index (χ4v) is 2.53. The molecule has 2 rings (SSSR count). The van der Waals surface area contributed by atoms with Crippen LogP contribution in [0.1, 0.15) is 49.7 Å². The number of nitrogens with zero attached hydrogens (tertiary/aromatic N) is 4. The number of carbonyl (C=O) groups excluding carboxylic acids is 2. The number of hydrogen-bond acceptors (Lipinski definition) is 5. The van der Waals surface area contributed by atoms with Crippen LogP contribution in [0, 0.1) is 0 Å². The van der Waals surface area contributed by atoms with Crippen molar-refractivity contribution in [1.82, 2.24) is 19.4 Å². The Hall–Kier alpha value is -2.31. The molecule has 0 unspecified atom stereocenters.